The highest BCUT2D eigenvalue weighted by molar-refractivity contribution is 7.99. The summed E-state index contributed by atoms with van der Waals surface area (Å²) in [6.45, 7) is 3.12. The van der Waals surface area contributed by atoms with Crippen molar-refractivity contribution < 1.29 is 35.7 Å². The smallest absolute Gasteiger partial charge is 0.481 e. The molecular formula is C15H15F3O5S2. The first-order valence-electron chi connectivity index (χ1n) is 7.04. The lowest BCUT2D eigenvalue weighted by molar-refractivity contribution is -0.146. The summed E-state index contributed by atoms with van der Waals surface area (Å²) in [7, 11) is -5.75. The Morgan fingerprint density at radius 3 is 2.52 bits per heavy atom. The van der Waals surface area contributed by atoms with Crippen LogP contribution in [0.5, 0.6) is 0 Å². The third kappa shape index (κ3) is 4.30. The molecule has 0 saturated carbocycles. The molecule has 1 N–H and O–H groups in total. The first-order valence-corrected chi connectivity index (χ1v) is 9.43. The van der Waals surface area contributed by atoms with E-state index in [1.807, 2.05) is 0 Å². The zero-order valence-electron chi connectivity index (χ0n) is 13.3. The Morgan fingerprint density at radius 2 is 1.96 bits per heavy atom. The number of hydrogen-bond donors (Lipinski definition) is 1. The molecule has 0 bridgehead atoms. The van der Waals surface area contributed by atoms with Gasteiger partial charge in [-0.1, -0.05) is 6.07 Å². The second kappa shape index (κ2) is 6.56. The summed E-state index contributed by atoms with van der Waals surface area (Å²) in [6, 6.07) is 4.63. The summed E-state index contributed by atoms with van der Waals surface area (Å²) in [5.74, 6) is -1.12. The standard InChI is InChI=1S/C15H15F3O5S2/c1-14(2,13(19)20)8-9-3-4-10-11(5-6-24-12(10)7-9)23-25(21,22)15(16,17)18/h3-5,7H,6,8H2,1-2H3,(H,19,20). The number of hydrogen-bond acceptors (Lipinski definition) is 5. The largest absolute Gasteiger partial charge is 0.534 e. The minimum atomic E-state index is -5.75. The summed E-state index contributed by atoms with van der Waals surface area (Å²) in [5, 5.41) is 9.18. The van der Waals surface area contributed by atoms with E-state index in [0.717, 1.165) is 0 Å². The summed E-state index contributed by atoms with van der Waals surface area (Å²) in [4.78, 5) is 11.7. The first kappa shape index (κ1) is 19.6. The van der Waals surface area contributed by atoms with E-state index in [0.29, 0.717) is 10.5 Å². The average Bonchev–Trinajstić information content (AvgIpc) is 2.45. The quantitative estimate of drug-likeness (QED) is 0.604. The Bertz CT molecular complexity index is 826. The predicted molar refractivity (Wildman–Crippen MR) is 86.3 cm³/mol. The fourth-order valence-corrected chi connectivity index (χ4v) is 3.61. The van der Waals surface area contributed by atoms with Gasteiger partial charge in [0.1, 0.15) is 5.76 Å². The summed E-state index contributed by atoms with van der Waals surface area (Å²) in [6.07, 6.45) is 1.48. The third-order valence-corrected chi connectivity index (χ3v) is 5.48. The van der Waals surface area contributed by atoms with Crippen molar-refractivity contribution in [2.45, 2.75) is 30.7 Å². The van der Waals surface area contributed by atoms with E-state index in [-0.39, 0.29) is 23.5 Å². The fraction of sp³-hybridized carbons (Fsp3) is 0.400. The summed E-state index contributed by atoms with van der Waals surface area (Å²) >= 11 is 1.29. The predicted octanol–water partition coefficient (Wildman–Crippen LogP) is 3.65. The van der Waals surface area contributed by atoms with Gasteiger partial charge in [-0.3, -0.25) is 4.79 Å². The van der Waals surface area contributed by atoms with Crippen molar-refractivity contribution in [2.75, 3.05) is 5.75 Å². The van der Waals surface area contributed by atoms with Crippen molar-refractivity contribution in [3.8, 4) is 0 Å². The van der Waals surface area contributed by atoms with Crippen molar-refractivity contribution in [1.82, 2.24) is 0 Å². The van der Waals surface area contributed by atoms with Gasteiger partial charge < -0.3 is 9.29 Å². The highest BCUT2D eigenvalue weighted by Gasteiger charge is 2.49. The molecule has 0 aliphatic carbocycles. The van der Waals surface area contributed by atoms with Crippen LogP contribution in [-0.2, 0) is 25.5 Å². The minimum absolute atomic E-state index is 0.219. The number of rotatable bonds is 5. The minimum Gasteiger partial charge on any atom is -0.481 e. The normalized spacial score (nSPS) is 15.3. The van der Waals surface area contributed by atoms with Gasteiger partial charge in [0.2, 0.25) is 0 Å². The first-order chi connectivity index (χ1) is 11.3. The van der Waals surface area contributed by atoms with E-state index in [9.17, 15) is 31.5 Å². The van der Waals surface area contributed by atoms with Crippen molar-refractivity contribution in [3.63, 3.8) is 0 Å². The van der Waals surface area contributed by atoms with Crippen LogP contribution in [0.25, 0.3) is 5.76 Å². The second-order valence-corrected chi connectivity index (χ2v) is 8.66. The zero-order chi connectivity index (χ0) is 19.0. The maximum absolute atomic E-state index is 12.5. The highest BCUT2D eigenvalue weighted by atomic mass is 32.2. The van der Waals surface area contributed by atoms with E-state index in [1.54, 1.807) is 26.0 Å². The monoisotopic (exact) mass is 396 g/mol. The number of carboxylic acids is 1. The number of benzene rings is 1. The molecule has 0 atom stereocenters. The van der Waals surface area contributed by atoms with Gasteiger partial charge in [0, 0.05) is 16.2 Å². The van der Waals surface area contributed by atoms with Crippen LogP contribution in [0.4, 0.5) is 13.2 Å². The van der Waals surface area contributed by atoms with Crippen molar-refractivity contribution in [1.29, 1.82) is 0 Å². The van der Waals surface area contributed by atoms with Gasteiger partial charge in [-0.05, 0) is 44.0 Å². The molecule has 0 fully saturated rings. The van der Waals surface area contributed by atoms with E-state index in [2.05, 4.69) is 4.18 Å². The number of alkyl halides is 3. The number of halogens is 3. The molecule has 138 valence electrons. The molecule has 2 rings (SSSR count). The van der Waals surface area contributed by atoms with Crippen LogP contribution in [0.2, 0.25) is 0 Å². The fourth-order valence-electron chi connectivity index (χ4n) is 2.15. The number of carboxylic acid groups (broad SMARTS) is 1. The van der Waals surface area contributed by atoms with Crippen LogP contribution < -0.4 is 0 Å². The van der Waals surface area contributed by atoms with Gasteiger partial charge in [-0.2, -0.15) is 21.6 Å². The molecular weight excluding hydrogens is 381 g/mol. The Kier molecular flexibility index (Phi) is 5.16. The molecule has 1 heterocycles. The Morgan fingerprint density at radius 1 is 1.32 bits per heavy atom. The number of thioether (sulfide) groups is 1. The Hall–Kier alpha value is -1.68. The van der Waals surface area contributed by atoms with E-state index < -0.39 is 27.0 Å². The van der Waals surface area contributed by atoms with Gasteiger partial charge in [-0.25, -0.2) is 0 Å². The van der Waals surface area contributed by atoms with Crippen LogP contribution in [0.15, 0.2) is 29.2 Å². The van der Waals surface area contributed by atoms with Crippen LogP contribution in [0, 0.1) is 5.41 Å². The molecule has 1 aromatic rings. The molecule has 0 spiro atoms. The van der Waals surface area contributed by atoms with Crippen LogP contribution in [-0.4, -0.2) is 30.8 Å². The van der Waals surface area contributed by atoms with Gasteiger partial charge in [0.15, 0.2) is 0 Å². The molecule has 1 aromatic carbocycles. The average molecular weight is 396 g/mol. The van der Waals surface area contributed by atoms with Crippen LogP contribution in [0.1, 0.15) is 25.0 Å². The van der Waals surface area contributed by atoms with Gasteiger partial charge in [0.05, 0.1) is 5.41 Å². The highest BCUT2D eigenvalue weighted by Crippen LogP contribution is 2.38. The molecule has 25 heavy (non-hydrogen) atoms. The van der Waals surface area contributed by atoms with Crippen LogP contribution in [0.3, 0.4) is 0 Å². The van der Waals surface area contributed by atoms with E-state index >= 15 is 0 Å². The summed E-state index contributed by atoms with van der Waals surface area (Å²) < 4.78 is 64.1. The van der Waals surface area contributed by atoms with Crippen LogP contribution >= 0.6 is 11.8 Å². The third-order valence-electron chi connectivity index (χ3n) is 3.53. The molecule has 1 aliphatic heterocycles. The Balaban J connectivity index is 2.31. The molecule has 5 nitrogen and oxygen atoms in total. The molecule has 0 radical (unpaired) electrons. The molecule has 1 aliphatic rings. The SMILES string of the molecule is CC(C)(Cc1ccc2c(c1)SCC=C2OS(=O)(=O)C(F)(F)F)C(=O)O. The molecule has 10 heteroatoms. The lowest BCUT2D eigenvalue weighted by atomic mass is 9.85. The lowest BCUT2D eigenvalue weighted by Gasteiger charge is -2.22. The van der Waals surface area contributed by atoms with E-state index in [1.165, 1.54) is 23.9 Å². The van der Waals surface area contributed by atoms with Gasteiger partial charge in [0.25, 0.3) is 0 Å². The van der Waals surface area contributed by atoms with Crippen molar-refractivity contribution in [3.05, 3.63) is 35.4 Å². The Labute approximate surface area is 147 Å². The zero-order valence-corrected chi connectivity index (χ0v) is 14.9. The number of carbonyl (C=O) groups is 1. The van der Waals surface area contributed by atoms with Gasteiger partial charge >= 0.3 is 21.6 Å². The van der Waals surface area contributed by atoms with Crippen molar-refractivity contribution in [2.24, 2.45) is 5.41 Å². The van der Waals surface area contributed by atoms with Crippen molar-refractivity contribution >= 4 is 33.6 Å². The second-order valence-electron chi connectivity index (χ2n) is 6.06. The maximum atomic E-state index is 12.5. The molecule has 0 saturated heterocycles. The molecule has 0 amide bonds. The van der Waals surface area contributed by atoms with Gasteiger partial charge in [-0.15, -0.1) is 11.8 Å². The summed E-state index contributed by atoms with van der Waals surface area (Å²) in [5.41, 5.74) is -5.62. The van der Waals surface area contributed by atoms with E-state index in [4.69, 9.17) is 0 Å². The molecule has 0 aromatic heterocycles. The molecule has 0 unspecified atom stereocenters. The lowest BCUT2D eigenvalue weighted by Crippen LogP contribution is -2.26. The topological polar surface area (TPSA) is 80.7 Å². The number of fused-ring (bicyclic) bond motifs is 1. The number of aliphatic carboxylic acids is 1. The maximum Gasteiger partial charge on any atom is 0.534 e.